The van der Waals surface area contributed by atoms with E-state index in [4.69, 9.17) is 0 Å². The van der Waals surface area contributed by atoms with Crippen LogP contribution in [0.1, 0.15) is 24.0 Å². The van der Waals surface area contributed by atoms with Gasteiger partial charge in [0.25, 0.3) is 5.56 Å². The second-order valence-electron chi connectivity index (χ2n) is 7.32. The van der Waals surface area contributed by atoms with E-state index >= 15 is 0 Å². The fourth-order valence-electron chi connectivity index (χ4n) is 3.63. The molecule has 0 spiro atoms. The third kappa shape index (κ3) is 4.49. The molecule has 0 saturated carbocycles. The van der Waals surface area contributed by atoms with Gasteiger partial charge in [-0.25, -0.2) is 22.2 Å². The highest BCUT2D eigenvalue weighted by Crippen LogP contribution is 2.24. The molecule has 8 heteroatoms. The fraction of sp³-hybridized carbons (Fsp3) is 0.273. The van der Waals surface area contributed by atoms with E-state index < -0.39 is 10.0 Å². The number of aromatic nitrogens is 2. The Hall–Kier alpha value is -2.84. The second kappa shape index (κ2) is 8.49. The average molecular weight is 428 g/mol. The van der Waals surface area contributed by atoms with E-state index in [0.29, 0.717) is 11.3 Å². The van der Waals surface area contributed by atoms with Crippen molar-refractivity contribution in [1.29, 1.82) is 0 Å². The number of hydrogen-bond acceptors (Lipinski definition) is 4. The van der Waals surface area contributed by atoms with Gasteiger partial charge in [-0.05, 0) is 79.3 Å². The lowest BCUT2D eigenvalue weighted by Gasteiger charge is -2.17. The van der Waals surface area contributed by atoms with Crippen LogP contribution in [0.3, 0.4) is 0 Å². The second-order valence-corrected chi connectivity index (χ2v) is 9.09. The molecule has 1 aliphatic carbocycles. The maximum Gasteiger partial charge on any atom is 0.266 e. The lowest BCUT2D eigenvalue weighted by Crippen LogP contribution is -2.32. The van der Waals surface area contributed by atoms with Gasteiger partial charge >= 0.3 is 0 Å². The summed E-state index contributed by atoms with van der Waals surface area (Å²) >= 11 is 0. The zero-order valence-electron chi connectivity index (χ0n) is 16.3. The first-order valence-corrected chi connectivity index (χ1v) is 11.4. The van der Waals surface area contributed by atoms with Gasteiger partial charge in [0.15, 0.2) is 0 Å². The van der Waals surface area contributed by atoms with Gasteiger partial charge in [-0.3, -0.25) is 4.79 Å². The van der Waals surface area contributed by atoms with Crippen LogP contribution in [-0.4, -0.2) is 24.7 Å². The average Bonchev–Trinajstić information content (AvgIpc) is 2.75. The van der Waals surface area contributed by atoms with E-state index in [1.165, 1.54) is 28.4 Å². The first-order valence-electron chi connectivity index (χ1n) is 9.88. The maximum absolute atomic E-state index is 13.1. The molecule has 1 aromatic heterocycles. The molecule has 0 amide bonds. The van der Waals surface area contributed by atoms with Crippen LogP contribution < -0.4 is 10.3 Å². The number of rotatable bonds is 6. The minimum Gasteiger partial charge on any atom is -0.268 e. The van der Waals surface area contributed by atoms with Crippen LogP contribution in [0, 0.1) is 5.82 Å². The van der Waals surface area contributed by atoms with E-state index in [9.17, 15) is 17.6 Å². The Morgan fingerprint density at radius 1 is 0.967 bits per heavy atom. The Balaban J connectivity index is 1.46. The smallest absolute Gasteiger partial charge is 0.266 e. The van der Waals surface area contributed by atoms with Crippen molar-refractivity contribution in [1.82, 2.24) is 14.5 Å². The molecule has 0 atom stereocenters. The highest BCUT2D eigenvalue weighted by Gasteiger charge is 2.17. The molecule has 0 aliphatic heterocycles. The molecule has 156 valence electrons. The van der Waals surface area contributed by atoms with E-state index in [-0.39, 0.29) is 29.4 Å². The van der Waals surface area contributed by atoms with E-state index in [1.54, 1.807) is 30.3 Å². The molecular weight excluding hydrogens is 405 g/mol. The molecule has 1 N–H and O–H groups in total. The molecule has 0 saturated heterocycles. The molecule has 1 heterocycles. The number of nitrogens with zero attached hydrogens (tertiary/aromatic N) is 2. The molecule has 1 aliphatic rings. The summed E-state index contributed by atoms with van der Waals surface area (Å²) in [6.07, 6.45) is 4.09. The lowest BCUT2D eigenvalue weighted by atomic mass is 9.92. The van der Waals surface area contributed by atoms with E-state index in [2.05, 4.69) is 9.82 Å². The number of halogens is 1. The van der Waals surface area contributed by atoms with Gasteiger partial charge in [-0.2, -0.15) is 5.10 Å². The Morgan fingerprint density at radius 3 is 2.47 bits per heavy atom. The Labute approximate surface area is 174 Å². The van der Waals surface area contributed by atoms with Crippen LogP contribution in [0.2, 0.25) is 0 Å². The van der Waals surface area contributed by atoms with Crippen LogP contribution >= 0.6 is 0 Å². The summed E-state index contributed by atoms with van der Waals surface area (Å²) in [4.78, 5) is 12.3. The monoisotopic (exact) mass is 427 g/mol. The summed E-state index contributed by atoms with van der Waals surface area (Å²) in [6.45, 7) is 0.108. The van der Waals surface area contributed by atoms with Crippen molar-refractivity contribution in [3.63, 3.8) is 0 Å². The van der Waals surface area contributed by atoms with Crippen molar-refractivity contribution < 1.29 is 12.8 Å². The highest BCUT2D eigenvalue weighted by atomic mass is 32.2. The van der Waals surface area contributed by atoms with Crippen LogP contribution in [-0.2, 0) is 29.4 Å². The molecule has 0 fully saturated rings. The number of hydrogen-bond donors (Lipinski definition) is 1. The SMILES string of the molecule is O=c1ccc(-c2ccc(F)cc2)nn1CCNS(=O)(=O)c1ccc2c(c1)CCCC2. The van der Waals surface area contributed by atoms with Crippen molar-refractivity contribution in [3.05, 3.63) is 81.9 Å². The van der Waals surface area contributed by atoms with Crippen LogP contribution in [0.4, 0.5) is 4.39 Å². The summed E-state index contributed by atoms with van der Waals surface area (Å²) in [5.74, 6) is -0.358. The van der Waals surface area contributed by atoms with Crippen molar-refractivity contribution in [2.24, 2.45) is 0 Å². The van der Waals surface area contributed by atoms with Gasteiger partial charge in [0.1, 0.15) is 5.82 Å². The number of nitrogens with one attached hydrogen (secondary N) is 1. The number of fused-ring (bicyclic) bond motifs is 1. The van der Waals surface area contributed by atoms with Gasteiger partial charge in [-0.15, -0.1) is 0 Å². The summed E-state index contributed by atoms with van der Waals surface area (Å²) in [7, 11) is -3.68. The highest BCUT2D eigenvalue weighted by molar-refractivity contribution is 7.89. The van der Waals surface area contributed by atoms with Crippen LogP contribution in [0.25, 0.3) is 11.3 Å². The summed E-state index contributed by atoms with van der Waals surface area (Å²) in [5.41, 5.74) is 3.14. The van der Waals surface area contributed by atoms with Gasteiger partial charge in [0.2, 0.25) is 10.0 Å². The Bertz CT molecular complexity index is 1220. The van der Waals surface area contributed by atoms with E-state index in [1.807, 2.05) is 6.07 Å². The summed E-state index contributed by atoms with van der Waals surface area (Å²) in [5, 5.41) is 4.27. The Morgan fingerprint density at radius 2 is 1.70 bits per heavy atom. The van der Waals surface area contributed by atoms with Gasteiger partial charge in [-0.1, -0.05) is 6.07 Å². The van der Waals surface area contributed by atoms with Crippen LogP contribution in [0.5, 0.6) is 0 Å². The normalized spacial score (nSPS) is 13.8. The van der Waals surface area contributed by atoms with Crippen molar-refractivity contribution in [3.8, 4) is 11.3 Å². The molecular formula is C22H22FN3O3S. The zero-order chi connectivity index (χ0) is 21.1. The predicted octanol–water partition coefficient (Wildman–Crippen LogP) is 2.91. The largest absolute Gasteiger partial charge is 0.268 e. The topological polar surface area (TPSA) is 81.1 Å². The molecule has 0 radical (unpaired) electrons. The Kier molecular flexibility index (Phi) is 5.78. The molecule has 4 rings (SSSR count). The quantitative estimate of drug-likeness (QED) is 0.656. The lowest BCUT2D eigenvalue weighted by molar-refractivity contribution is 0.548. The minimum absolute atomic E-state index is 0.0270. The zero-order valence-corrected chi connectivity index (χ0v) is 17.2. The first kappa shape index (κ1) is 20.4. The molecule has 30 heavy (non-hydrogen) atoms. The minimum atomic E-state index is -3.68. The third-order valence-corrected chi connectivity index (χ3v) is 6.71. The maximum atomic E-state index is 13.1. The van der Waals surface area contributed by atoms with Gasteiger partial charge in [0.05, 0.1) is 17.1 Å². The number of aryl methyl sites for hydroxylation is 2. The number of benzene rings is 2. The summed E-state index contributed by atoms with van der Waals surface area (Å²) < 4.78 is 42.2. The molecule has 6 nitrogen and oxygen atoms in total. The van der Waals surface area contributed by atoms with E-state index in [0.717, 1.165) is 31.2 Å². The van der Waals surface area contributed by atoms with Gasteiger partial charge in [0, 0.05) is 18.2 Å². The molecule has 0 bridgehead atoms. The van der Waals surface area contributed by atoms with Crippen molar-refractivity contribution in [2.75, 3.05) is 6.54 Å². The molecule has 2 aromatic carbocycles. The predicted molar refractivity (Wildman–Crippen MR) is 112 cm³/mol. The van der Waals surface area contributed by atoms with Crippen LogP contribution in [0.15, 0.2) is 64.3 Å². The molecule has 3 aromatic rings. The third-order valence-electron chi connectivity index (χ3n) is 5.25. The van der Waals surface area contributed by atoms with Crippen molar-refractivity contribution >= 4 is 10.0 Å². The first-order chi connectivity index (χ1) is 14.4. The standard InChI is InChI=1S/C22H22FN3O3S/c23-19-8-5-17(6-9-19)21-11-12-22(27)26(25-21)14-13-24-30(28,29)20-10-7-16-3-1-2-4-18(16)15-20/h5-12,15,24H,1-4,13-14H2. The van der Waals surface area contributed by atoms with Gasteiger partial charge < -0.3 is 0 Å². The molecule has 0 unspecified atom stereocenters. The number of sulfonamides is 1. The summed E-state index contributed by atoms with van der Waals surface area (Å²) in [6, 6.07) is 14.0. The van der Waals surface area contributed by atoms with Crippen molar-refractivity contribution in [2.45, 2.75) is 37.1 Å². The fourth-order valence-corrected chi connectivity index (χ4v) is 4.70.